The van der Waals surface area contributed by atoms with Gasteiger partial charge in [0.25, 0.3) is 0 Å². The molecule has 2 rings (SSSR count). The molecule has 1 amide bonds. The largest absolute Gasteiger partial charge is 0.378 e. The van der Waals surface area contributed by atoms with Crippen molar-refractivity contribution in [1.82, 2.24) is 0 Å². The van der Waals surface area contributed by atoms with Crippen molar-refractivity contribution < 1.29 is 4.79 Å². The first-order valence-corrected chi connectivity index (χ1v) is 7.17. The number of amides is 1. The second kappa shape index (κ2) is 5.89. The smallest absolute Gasteiger partial charge is 0.221 e. The molecule has 1 aromatic carbocycles. The number of hydrogen-bond donors (Lipinski definition) is 2. The summed E-state index contributed by atoms with van der Waals surface area (Å²) in [6, 6.07) is 8.38. The highest BCUT2D eigenvalue weighted by atomic mass is 32.1. The summed E-state index contributed by atoms with van der Waals surface area (Å²) >= 11 is 1.70. The lowest BCUT2D eigenvalue weighted by Crippen LogP contribution is -2.09. The molecule has 1 unspecified atom stereocenters. The van der Waals surface area contributed by atoms with Crippen LogP contribution in [0.15, 0.2) is 35.0 Å². The Morgan fingerprint density at radius 1 is 1.32 bits per heavy atom. The molecule has 1 aromatic heterocycles. The molecule has 19 heavy (non-hydrogen) atoms. The molecular weight excluding hydrogens is 256 g/mol. The molecule has 0 aliphatic rings. The molecule has 2 N–H and O–H groups in total. The van der Waals surface area contributed by atoms with Gasteiger partial charge in [0, 0.05) is 24.3 Å². The van der Waals surface area contributed by atoms with Crippen LogP contribution in [-0.2, 0) is 4.79 Å². The Kier molecular flexibility index (Phi) is 4.22. The van der Waals surface area contributed by atoms with Crippen molar-refractivity contribution >= 4 is 28.6 Å². The third-order valence-electron chi connectivity index (χ3n) is 2.97. The lowest BCUT2D eigenvalue weighted by Gasteiger charge is -2.16. The van der Waals surface area contributed by atoms with Crippen LogP contribution in [0.1, 0.15) is 31.0 Å². The number of rotatable bonds is 4. The van der Waals surface area contributed by atoms with Crippen LogP contribution in [0.25, 0.3) is 0 Å². The maximum absolute atomic E-state index is 11.2. The maximum Gasteiger partial charge on any atom is 0.221 e. The van der Waals surface area contributed by atoms with Crippen molar-refractivity contribution in [3.05, 3.63) is 46.2 Å². The second-order valence-electron chi connectivity index (χ2n) is 4.63. The minimum atomic E-state index is -0.0499. The molecule has 1 heterocycles. The number of nitrogens with one attached hydrogen (secondary N) is 2. The highest BCUT2D eigenvalue weighted by Crippen LogP contribution is 2.25. The molecule has 2 aromatic rings. The third kappa shape index (κ3) is 3.58. The van der Waals surface area contributed by atoms with E-state index in [4.69, 9.17) is 0 Å². The van der Waals surface area contributed by atoms with Crippen LogP contribution in [0.3, 0.4) is 0 Å². The number of aryl methyl sites for hydroxylation is 1. The van der Waals surface area contributed by atoms with Crippen molar-refractivity contribution in [1.29, 1.82) is 0 Å². The molecule has 0 radical (unpaired) electrons. The summed E-state index contributed by atoms with van der Waals surface area (Å²) in [6.45, 7) is 5.63. The van der Waals surface area contributed by atoms with Crippen LogP contribution in [0.2, 0.25) is 0 Å². The van der Waals surface area contributed by atoms with Crippen molar-refractivity contribution in [3.63, 3.8) is 0 Å². The average molecular weight is 274 g/mol. The van der Waals surface area contributed by atoms with E-state index in [-0.39, 0.29) is 11.9 Å². The molecule has 4 heteroatoms. The zero-order chi connectivity index (χ0) is 13.8. The van der Waals surface area contributed by atoms with Gasteiger partial charge < -0.3 is 10.6 Å². The molecule has 100 valence electrons. The van der Waals surface area contributed by atoms with Crippen molar-refractivity contribution in [2.75, 3.05) is 10.6 Å². The van der Waals surface area contributed by atoms with Crippen LogP contribution in [-0.4, -0.2) is 5.91 Å². The summed E-state index contributed by atoms with van der Waals surface area (Å²) in [5.74, 6) is -0.0499. The standard InChI is InChI=1S/C15H18N2OS/c1-10-4-5-14(8-15(10)17-12(3)18)16-11(2)13-6-7-19-9-13/h4-9,11,16H,1-3H3,(H,17,18). The summed E-state index contributed by atoms with van der Waals surface area (Å²) < 4.78 is 0. The summed E-state index contributed by atoms with van der Waals surface area (Å²) in [5, 5.41) is 10.5. The SMILES string of the molecule is CC(=O)Nc1cc(NC(C)c2ccsc2)ccc1C. The number of carbonyl (C=O) groups excluding carboxylic acids is 1. The zero-order valence-corrected chi connectivity index (χ0v) is 12.2. The molecular formula is C15H18N2OS. The van der Waals surface area contributed by atoms with Crippen molar-refractivity contribution in [2.24, 2.45) is 0 Å². The zero-order valence-electron chi connectivity index (χ0n) is 11.4. The van der Waals surface area contributed by atoms with Gasteiger partial charge in [-0.05, 0) is 53.9 Å². The van der Waals surface area contributed by atoms with Gasteiger partial charge in [-0.1, -0.05) is 6.07 Å². The van der Waals surface area contributed by atoms with E-state index >= 15 is 0 Å². The minimum absolute atomic E-state index is 0.0499. The fraction of sp³-hybridized carbons (Fsp3) is 0.267. The van der Waals surface area contributed by atoms with E-state index in [1.54, 1.807) is 11.3 Å². The van der Waals surface area contributed by atoms with Crippen LogP contribution >= 0.6 is 11.3 Å². The summed E-state index contributed by atoms with van der Waals surface area (Å²) in [6.07, 6.45) is 0. The van der Waals surface area contributed by atoms with Gasteiger partial charge in [-0.15, -0.1) is 0 Å². The average Bonchev–Trinajstić information content (AvgIpc) is 2.86. The molecule has 0 saturated heterocycles. The van der Waals surface area contributed by atoms with Gasteiger partial charge in [0.05, 0.1) is 0 Å². The number of carbonyl (C=O) groups is 1. The predicted octanol–water partition coefficient (Wildman–Crippen LogP) is 4.19. The van der Waals surface area contributed by atoms with E-state index < -0.39 is 0 Å². The quantitative estimate of drug-likeness (QED) is 0.877. The summed E-state index contributed by atoms with van der Waals surface area (Å²) in [4.78, 5) is 11.2. The Bertz CT molecular complexity index is 564. The fourth-order valence-corrected chi connectivity index (χ4v) is 2.64. The number of anilines is 2. The Labute approximate surface area is 117 Å². The Morgan fingerprint density at radius 3 is 2.74 bits per heavy atom. The molecule has 0 spiro atoms. The fourth-order valence-electron chi connectivity index (χ4n) is 1.89. The van der Waals surface area contributed by atoms with E-state index in [2.05, 4.69) is 34.4 Å². The highest BCUT2D eigenvalue weighted by molar-refractivity contribution is 7.07. The lowest BCUT2D eigenvalue weighted by atomic mass is 10.1. The van der Waals surface area contributed by atoms with Crippen LogP contribution in [0, 0.1) is 6.92 Å². The Balaban J connectivity index is 2.14. The van der Waals surface area contributed by atoms with Crippen molar-refractivity contribution in [3.8, 4) is 0 Å². The van der Waals surface area contributed by atoms with Gasteiger partial charge in [-0.3, -0.25) is 4.79 Å². The normalized spacial score (nSPS) is 11.9. The molecule has 0 fully saturated rings. The summed E-state index contributed by atoms with van der Waals surface area (Å²) in [5.41, 5.74) is 4.19. The predicted molar refractivity (Wildman–Crippen MR) is 81.8 cm³/mol. The van der Waals surface area contributed by atoms with E-state index in [1.807, 2.05) is 25.1 Å². The molecule has 1 atom stereocenters. The molecule has 0 bridgehead atoms. The van der Waals surface area contributed by atoms with Crippen LogP contribution in [0.4, 0.5) is 11.4 Å². The molecule has 3 nitrogen and oxygen atoms in total. The van der Waals surface area contributed by atoms with Gasteiger partial charge in [-0.2, -0.15) is 11.3 Å². The maximum atomic E-state index is 11.2. The van der Waals surface area contributed by atoms with E-state index in [0.717, 1.165) is 16.9 Å². The third-order valence-corrected chi connectivity index (χ3v) is 3.68. The van der Waals surface area contributed by atoms with Crippen LogP contribution in [0.5, 0.6) is 0 Å². The number of benzene rings is 1. The van der Waals surface area contributed by atoms with E-state index in [0.29, 0.717) is 0 Å². The van der Waals surface area contributed by atoms with Gasteiger partial charge >= 0.3 is 0 Å². The number of hydrogen-bond acceptors (Lipinski definition) is 3. The van der Waals surface area contributed by atoms with Gasteiger partial charge in [0.2, 0.25) is 5.91 Å². The monoisotopic (exact) mass is 274 g/mol. The van der Waals surface area contributed by atoms with Gasteiger partial charge in [0.1, 0.15) is 0 Å². The Morgan fingerprint density at radius 2 is 2.11 bits per heavy atom. The van der Waals surface area contributed by atoms with E-state index in [9.17, 15) is 4.79 Å². The first kappa shape index (κ1) is 13.6. The van der Waals surface area contributed by atoms with E-state index in [1.165, 1.54) is 12.5 Å². The highest BCUT2D eigenvalue weighted by Gasteiger charge is 2.07. The number of thiophene rings is 1. The van der Waals surface area contributed by atoms with Crippen LogP contribution < -0.4 is 10.6 Å². The second-order valence-corrected chi connectivity index (χ2v) is 5.41. The first-order chi connectivity index (χ1) is 9.06. The topological polar surface area (TPSA) is 41.1 Å². The minimum Gasteiger partial charge on any atom is -0.378 e. The molecule has 0 aliphatic carbocycles. The van der Waals surface area contributed by atoms with Crippen molar-refractivity contribution in [2.45, 2.75) is 26.8 Å². The first-order valence-electron chi connectivity index (χ1n) is 6.23. The van der Waals surface area contributed by atoms with Gasteiger partial charge in [0.15, 0.2) is 0 Å². The lowest BCUT2D eigenvalue weighted by molar-refractivity contribution is -0.114. The summed E-state index contributed by atoms with van der Waals surface area (Å²) in [7, 11) is 0. The molecule has 0 saturated carbocycles. The van der Waals surface area contributed by atoms with Gasteiger partial charge in [-0.25, -0.2) is 0 Å². The Hall–Kier alpha value is -1.81. The molecule has 0 aliphatic heterocycles.